The van der Waals surface area contributed by atoms with Crippen molar-refractivity contribution in [3.05, 3.63) is 100 Å². The molecule has 0 aliphatic carbocycles. The van der Waals surface area contributed by atoms with Gasteiger partial charge in [0, 0.05) is 42.1 Å². The van der Waals surface area contributed by atoms with Crippen molar-refractivity contribution in [2.75, 3.05) is 11.9 Å². The number of carbonyl (C=O) groups is 4. The molecule has 4 N–H and O–H groups in total. The number of nitrogens with one attached hydrogen (secondary N) is 2. The van der Waals surface area contributed by atoms with E-state index in [0.29, 0.717) is 48.5 Å². The van der Waals surface area contributed by atoms with Crippen LogP contribution in [0.2, 0.25) is 5.02 Å². The first-order valence-electron chi connectivity index (χ1n) is 14.7. The average Bonchev–Trinajstić information content (AvgIpc) is 3.01. The second kappa shape index (κ2) is 14.4. The Bertz CT molecular complexity index is 1480. The smallest absolute Gasteiger partial charge is 0.249 e. The van der Waals surface area contributed by atoms with Crippen molar-refractivity contribution in [2.45, 2.75) is 70.5 Å². The fourth-order valence-electron chi connectivity index (χ4n) is 5.35. The number of benzene rings is 3. The number of nitrogens with two attached hydrogens (primary N) is 1. The number of rotatable bonds is 12. The Morgan fingerprint density at radius 1 is 0.953 bits per heavy atom. The fourth-order valence-corrected chi connectivity index (χ4v) is 5.47. The number of nitrogens with zero attached hydrogens (tertiary/aromatic N) is 1. The summed E-state index contributed by atoms with van der Waals surface area (Å²) in [5.41, 5.74) is 8.30. The first kappa shape index (κ1) is 31.9. The third-order valence-corrected chi connectivity index (χ3v) is 8.40. The van der Waals surface area contributed by atoms with Crippen molar-refractivity contribution in [3.63, 3.8) is 0 Å². The van der Waals surface area contributed by atoms with Crippen LogP contribution in [0, 0.1) is 6.92 Å². The largest absolute Gasteiger partial charge is 0.340 e. The standard InChI is InChI=1S/C34H39ClN4O4/c1-23-20-27(14-15-28(23)35)37-33(43)34(2,18-8-9-19-36)38-32(42)29-21-25-12-6-7-13-26(25)22-39(29)31(41)17-16-30(40)24-10-4-3-5-11-24/h3-7,10-15,20,29H,8-9,16-19,21-22,36H2,1-2H3,(H,37,43)(H,38,42)/t29-,34+/m0/s1. The summed E-state index contributed by atoms with van der Waals surface area (Å²) in [6.45, 7) is 4.25. The second-order valence-electron chi connectivity index (χ2n) is 11.3. The van der Waals surface area contributed by atoms with Crippen molar-refractivity contribution in [2.24, 2.45) is 5.73 Å². The van der Waals surface area contributed by atoms with Gasteiger partial charge in [0.2, 0.25) is 17.7 Å². The Labute approximate surface area is 258 Å². The summed E-state index contributed by atoms with van der Waals surface area (Å²) >= 11 is 6.16. The van der Waals surface area contributed by atoms with Crippen molar-refractivity contribution in [1.82, 2.24) is 10.2 Å². The Hall–Kier alpha value is -4.01. The molecule has 3 aromatic rings. The summed E-state index contributed by atoms with van der Waals surface area (Å²) in [5.74, 6) is -1.21. The molecule has 1 aliphatic rings. The van der Waals surface area contributed by atoms with Gasteiger partial charge in [0.15, 0.2) is 5.78 Å². The molecular weight excluding hydrogens is 564 g/mol. The van der Waals surface area contributed by atoms with E-state index in [-0.39, 0.29) is 37.0 Å². The monoisotopic (exact) mass is 602 g/mol. The quantitative estimate of drug-likeness (QED) is 0.194. The lowest BCUT2D eigenvalue weighted by molar-refractivity contribution is -0.143. The normalized spacial score (nSPS) is 15.6. The van der Waals surface area contributed by atoms with E-state index in [1.54, 1.807) is 49.4 Å². The Kier molecular flexibility index (Phi) is 10.7. The summed E-state index contributed by atoms with van der Waals surface area (Å²) in [5, 5.41) is 6.51. The molecule has 0 radical (unpaired) electrons. The number of fused-ring (bicyclic) bond motifs is 1. The van der Waals surface area contributed by atoms with Crippen molar-refractivity contribution < 1.29 is 19.2 Å². The fraction of sp³-hybridized carbons (Fsp3) is 0.353. The van der Waals surface area contributed by atoms with E-state index >= 15 is 0 Å². The molecule has 0 unspecified atom stereocenters. The minimum absolute atomic E-state index is 0.0240. The molecule has 0 bridgehead atoms. The van der Waals surface area contributed by atoms with Crippen LogP contribution in [-0.2, 0) is 27.3 Å². The van der Waals surface area contributed by atoms with Gasteiger partial charge >= 0.3 is 0 Å². The van der Waals surface area contributed by atoms with Crippen LogP contribution >= 0.6 is 11.6 Å². The molecule has 1 aliphatic heterocycles. The highest BCUT2D eigenvalue weighted by Crippen LogP contribution is 2.27. The minimum atomic E-state index is -1.27. The number of unbranched alkanes of at least 4 members (excludes halogenated alkanes) is 1. The summed E-state index contributed by atoms with van der Waals surface area (Å²) in [7, 11) is 0. The van der Waals surface area contributed by atoms with E-state index in [9.17, 15) is 19.2 Å². The maximum atomic E-state index is 14.0. The van der Waals surface area contributed by atoms with Gasteiger partial charge in [-0.3, -0.25) is 19.2 Å². The van der Waals surface area contributed by atoms with E-state index in [0.717, 1.165) is 16.7 Å². The van der Waals surface area contributed by atoms with E-state index < -0.39 is 17.5 Å². The number of ketones is 1. The molecule has 0 saturated carbocycles. The molecule has 0 fully saturated rings. The summed E-state index contributed by atoms with van der Waals surface area (Å²) in [6.07, 6.45) is 1.99. The highest BCUT2D eigenvalue weighted by Gasteiger charge is 2.40. The van der Waals surface area contributed by atoms with E-state index in [4.69, 9.17) is 17.3 Å². The molecule has 43 heavy (non-hydrogen) atoms. The number of halogens is 1. The maximum Gasteiger partial charge on any atom is 0.249 e. The number of aryl methyl sites for hydroxylation is 1. The topological polar surface area (TPSA) is 122 Å². The van der Waals surface area contributed by atoms with Gasteiger partial charge in [0.1, 0.15) is 11.6 Å². The highest BCUT2D eigenvalue weighted by atomic mass is 35.5. The van der Waals surface area contributed by atoms with Crippen LogP contribution in [0.1, 0.15) is 66.1 Å². The van der Waals surface area contributed by atoms with Gasteiger partial charge in [-0.2, -0.15) is 0 Å². The predicted octanol–water partition coefficient (Wildman–Crippen LogP) is 5.21. The Balaban J connectivity index is 1.54. The number of amides is 3. The van der Waals surface area contributed by atoms with Crippen molar-refractivity contribution in [1.29, 1.82) is 0 Å². The zero-order valence-corrected chi connectivity index (χ0v) is 25.5. The van der Waals surface area contributed by atoms with Gasteiger partial charge in [-0.25, -0.2) is 0 Å². The van der Waals surface area contributed by atoms with Crippen LogP contribution in [0.25, 0.3) is 0 Å². The SMILES string of the molecule is Cc1cc(NC(=O)[C@@](C)(CCCCN)NC(=O)[C@@H]2Cc3ccccc3CN2C(=O)CCC(=O)c2ccccc2)ccc1Cl. The van der Waals surface area contributed by atoms with Crippen molar-refractivity contribution in [3.8, 4) is 0 Å². The first-order chi connectivity index (χ1) is 20.6. The van der Waals surface area contributed by atoms with E-state index in [1.807, 2.05) is 37.3 Å². The summed E-state index contributed by atoms with van der Waals surface area (Å²) < 4.78 is 0. The van der Waals surface area contributed by atoms with E-state index in [1.165, 1.54) is 4.90 Å². The van der Waals surface area contributed by atoms with E-state index in [2.05, 4.69) is 10.6 Å². The highest BCUT2D eigenvalue weighted by molar-refractivity contribution is 6.31. The maximum absolute atomic E-state index is 14.0. The molecule has 226 valence electrons. The van der Waals surface area contributed by atoms with Crippen molar-refractivity contribution >= 4 is 40.8 Å². The summed E-state index contributed by atoms with van der Waals surface area (Å²) in [6, 6.07) is 20.9. The number of carbonyl (C=O) groups excluding carboxylic acids is 4. The van der Waals surface area contributed by atoms with Crippen LogP contribution in [0.5, 0.6) is 0 Å². The zero-order valence-electron chi connectivity index (χ0n) is 24.7. The lowest BCUT2D eigenvalue weighted by Gasteiger charge is -2.38. The van der Waals surface area contributed by atoms with Gasteiger partial charge in [0.05, 0.1) is 0 Å². The molecule has 1 heterocycles. The predicted molar refractivity (Wildman–Crippen MR) is 169 cm³/mol. The lowest BCUT2D eigenvalue weighted by atomic mass is 9.90. The van der Waals surface area contributed by atoms with Gasteiger partial charge in [-0.05, 0) is 74.5 Å². The number of Topliss-reactive ketones (excluding diaryl/α,β-unsaturated/α-hetero) is 1. The molecule has 3 aromatic carbocycles. The van der Waals surface area contributed by atoms with Crippen LogP contribution in [-0.4, -0.2) is 46.5 Å². The van der Waals surface area contributed by atoms with Crippen LogP contribution in [0.4, 0.5) is 5.69 Å². The third-order valence-electron chi connectivity index (χ3n) is 7.98. The third kappa shape index (κ3) is 8.09. The lowest BCUT2D eigenvalue weighted by Crippen LogP contribution is -2.61. The summed E-state index contributed by atoms with van der Waals surface area (Å²) in [4.78, 5) is 55.5. The first-order valence-corrected chi connectivity index (χ1v) is 15.0. The molecule has 0 spiro atoms. The molecule has 4 rings (SSSR count). The van der Waals surface area contributed by atoms with Crippen LogP contribution in [0.15, 0.2) is 72.8 Å². The molecular formula is C34H39ClN4O4. The number of hydrogen-bond donors (Lipinski definition) is 3. The molecule has 0 saturated heterocycles. The van der Waals surface area contributed by atoms with Crippen LogP contribution in [0.3, 0.4) is 0 Å². The number of anilines is 1. The molecule has 2 atom stereocenters. The zero-order chi connectivity index (χ0) is 31.0. The van der Waals surface area contributed by atoms with Gasteiger partial charge in [0.25, 0.3) is 0 Å². The van der Waals surface area contributed by atoms with Crippen LogP contribution < -0.4 is 16.4 Å². The molecule has 3 amide bonds. The minimum Gasteiger partial charge on any atom is -0.340 e. The molecule has 9 heteroatoms. The molecule has 0 aromatic heterocycles. The van der Waals surface area contributed by atoms with Gasteiger partial charge in [-0.1, -0.05) is 66.2 Å². The van der Waals surface area contributed by atoms with Gasteiger partial charge in [-0.15, -0.1) is 0 Å². The van der Waals surface area contributed by atoms with Gasteiger partial charge < -0.3 is 21.3 Å². The Morgan fingerprint density at radius 2 is 1.65 bits per heavy atom. The average molecular weight is 603 g/mol. The number of hydrogen-bond acceptors (Lipinski definition) is 5. The molecule has 8 nitrogen and oxygen atoms in total. The Morgan fingerprint density at radius 3 is 2.35 bits per heavy atom. The second-order valence-corrected chi connectivity index (χ2v) is 11.7.